The number of likely N-dealkylation sites (tertiary alicyclic amines) is 1. The summed E-state index contributed by atoms with van der Waals surface area (Å²) in [5.41, 5.74) is 0.0300. The summed E-state index contributed by atoms with van der Waals surface area (Å²) in [6.45, 7) is 11.6. The number of likely N-dealkylation sites (N-methyl/N-ethyl adjacent to an activating group) is 1. The second kappa shape index (κ2) is 10.7. The number of para-hydroxylation sites is 1. The van der Waals surface area contributed by atoms with E-state index >= 15 is 0 Å². The standard InChI is InChI=1S/C26H38N4O5/c1-16(2)21(28-23(31)17(3)27-7)24(32)29-14-13-19-22(29)20(34-18-11-9-8-10-12-18)15-30(19)25(33)35-26(4,5)6/h8-13,16-17,20-22,27H,14-15H2,1-7H3,(H,28,31). The third-order valence-corrected chi connectivity index (χ3v) is 6.15. The molecule has 1 aromatic rings. The first kappa shape index (κ1) is 26.5. The Labute approximate surface area is 207 Å². The van der Waals surface area contributed by atoms with Crippen LogP contribution in [-0.2, 0) is 14.3 Å². The van der Waals surface area contributed by atoms with E-state index in [0.29, 0.717) is 18.0 Å². The summed E-state index contributed by atoms with van der Waals surface area (Å²) in [6.07, 6.45) is 0.914. The van der Waals surface area contributed by atoms with Crippen LogP contribution in [0.3, 0.4) is 0 Å². The molecule has 9 nitrogen and oxygen atoms in total. The molecular weight excluding hydrogens is 448 g/mol. The highest BCUT2D eigenvalue weighted by Gasteiger charge is 2.50. The average Bonchev–Trinajstić information content (AvgIpc) is 3.37. The van der Waals surface area contributed by atoms with Crippen LogP contribution < -0.4 is 15.4 Å². The van der Waals surface area contributed by atoms with Gasteiger partial charge >= 0.3 is 6.09 Å². The lowest BCUT2D eigenvalue weighted by molar-refractivity contribution is -0.139. The highest BCUT2D eigenvalue weighted by molar-refractivity contribution is 5.90. The van der Waals surface area contributed by atoms with Crippen molar-refractivity contribution in [2.24, 2.45) is 5.92 Å². The Hall–Kier alpha value is -3.07. The number of rotatable bonds is 7. The van der Waals surface area contributed by atoms with E-state index in [1.54, 1.807) is 23.8 Å². The molecule has 192 valence electrons. The SMILES string of the molecule is CNC(C)C(=O)NC(C(=O)N1CC=C2C1C(Oc1ccccc1)CN2C(=O)OC(C)(C)C)C(C)C. The van der Waals surface area contributed by atoms with Gasteiger partial charge in [0.25, 0.3) is 0 Å². The Morgan fingerprint density at radius 2 is 1.74 bits per heavy atom. The van der Waals surface area contributed by atoms with E-state index in [2.05, 4.69) is 10.6 Å². The van der Waals surface area contributed by atoms with Crippen molar-refractivity contribution in [2.45, 2.75) is 71.4 Å². The fraction of sp³-hybridized carbons (Fsp3) is 0.577. The molecule has 0 radical (unpaired) electrons. The molecule has 0 spiro atoms. The van der Waals surface area contributed by atoms with Crippen molar-refractivity contribution in [3.63, 3.8) is 0 Å². The summed E-state index contributed by atoms with van der Waals surface area (Å²) >= 11 is 0. The molecule has 4 atom stereocenters. The van der Waals surface area contributed by atoms with Gasteiger partial charge in [-0.05, 0) is 58.9 Å². The highest BCUT2D eigenvalue weighted by Crippen LogP contribution is 2.35. The summed E-state index contributed by atoms with van der Waals surface area (Å²) < 4.78 is 11.9. The number of benzene rings is 1. The van der Waals surface area contributed by atoms with Gasteiger partial charge in [0, 0.05) is 12.2 Å². The summed E-state index contributed by atoms with van der Waals surface area (Å²) in [4.78, 5) is 42.6. The van der Waals surface area contributed by atoms with Crippen LogP contribution in [0.15, 0.2) is 42.1 Å². The largest absolute Gasteiger partial charge is 0.486 e. The maximum atomic E-state index is 13.7. The minimum absolute atomic E-state index is 0.128. The molecule has 9 heteroatoms. The number of fused-ring (bicyclic) bond motifs is 1. The molecule has 2 aliphatic heterocycles. The van der Waals surface area contributed by atoms with Gasteiger partial charge in [-0.2, -0.15) is 0 Å². The Bertz CT molecular complexity index is 956. The Morgan fingerprint density at radius 1 is 1.09 bits per heavy atom. The average molecular weight is 487 g/mol. The minimum Gasteiger partial charge on any atom is -0.486 e. The van der Waals surface area contributed by atoms with Crippen molar-refractivity contribution < 1.29 is 23.9 Å². The van der Waals surface area contributed by atoms with Gasteiger partial charge in [-0.3, -0.25) is 14.5 Å². The second-order valence-electron chi connectivity index (χ2n) is 10.4. The van der Waals surface area contributed by atoms with Gasteiger partial charge in [0.15, 0.2) is 0 Å². The monoisotopic (exact) mass is 486 g/mol. The predicted molar refractivity (Wildman–Crippen MR) is 133 cm³/mol. The van der Waals surface area contributed by atoms with Crippen molar-refractivity contribution in [2.75, 3.05) is 20.1 Å². The molecular formula is C26H38N4O5. The molecule has 1 fully saturated rings. The smallest absolute Gasteiger partial charge is 0.414 e. The number of nitrogens with zero attached hydrogens (tertiary/aromatic N) is 2. The number of hydrogen-bond acceptors (Lipinski definition) is 6. The molecule has 1 saturated heterocycles. The highest BCUT2D eigenvalue weighted by atomic mass is 16.6. The van der Waals surface area contributed by atoms with Gasteiger partial charge < -0.3 is 25.0 Å². The maximum absolute atomic E-state index is 13.7. The number of ether oxygens (including phenoxy) is 2. The van der Waals surface area contributed by atoms with Crippen LogP contribution in [0, 0.1) is 5.92 Å². The lowest BCUT2D eigenvalue weighted by Crippen LogP contribution is -2.57. The number of carbonyl (C=O) groups excluding carboxylic acids is 3. The first-order valence-electron chi connectivity index (χ1n) is 12.1. The molecule has 0 bridgehead atoms. The summed E-state index contributed by atoms with van der Waals surface area (Å²) in [6, 6.07) is 7.71. The Kier molecular flexibility index (Phi) is 8.10. The van der Waals surface area contributed by atoms with Crippen molar-refractivity contribution in [3.8, 4) is 5.75 Å². The second-order valence-corrected chi connectivity index (χ2v) is 10.4. The van der Waals surface area contributed by atoms with E-state index in [-0.39, 0.29) is 24.3 Å². The number of amides is 3. The van der Waals surface area contributed by atoms with Crippen LogP contribution in [0.4, 0.5) is 4.79 Å². The van der Waals surface area contributed by atoms with Crippen molar-refractivity contribution in [1.29, 1.82) is 0 Å². The molecule has 3 amide bonds. The van der Waals surface area contributed by atoms with Gasteiger partial charge in [-0.15, -0.1) is 0 Å². The number of carbonyl (C=O) groups is 3. The normalized spacial score (nSPS) is 21.3. The van der Waals surface area contributed by atoms with E-state index < -0.39 is 35.9 Å². The van der Waals surface area contributed by atoms with E-state index in [4.69, 9.17) is 9.47 Å². The van der Waals surface area contributed by atoms with Crippen molar-refractivity contribution in [3.05, 3.63) is 42.1 Å². The van der Waals surface area contributed by atoms with E-state index in [9.17, 15) is 14.4 Å². The molecule has 0 aliphatic carbocycles. The van der Waals surface area contributed by atoms with Crippen LogP contribution in [0.1, 0.15) is 41.5 Å². The van der Waals surface area contributed by atoms with Crippen LogP contribution >= 0.6 is 0 Å². The third-order valence-electron chi connectivity index (χ3n) is 6.15. The van der Waals surface area contributed by atoms with Crippen LogP contribution in [0.2, 0.25) is 0 Å². The van der Waals surface area contributed by atoms with Gasteiger partial charge in [-0.1, -0.05) is 32.0 Å². The fourth-order valence-electron chi connectivity index (χ4n) is 4.23. The summed E-state index contributed by atoms with van der Waals surface area (Å²) in [7, 11) is 1.70. The molecule has 0 aromatic heterocycles. The van der Waals surface area contributed by atoms with Crippen LogP contribution in [-0.4, -0.2) is 77.7 Å². The molecule has 1 aromatic carbocycles. The molecule has 35 heavy (non-hydrogen) atoms. The molecule has 3 rings (SSSR count). The van der Waals surface area contributed by atoms with Gasteiger partial charge in [0.1, 0.15) is 29.5 Å². The Balaban J connectivity index is 1.87. The summed E-state index contributed by atoms with van der Waals surface area (Å²) in [5.74, 6) is 0.0709. The molecule has 4 unspecified atom stereocenters. The molecule has 2 aliphatic rings. The topological polar surface area (TPSA) is 100 Å². The quantitative estimate of drug-likeness (QED) is 0.614. The van der Waals surface area contributed by atoms with Crippen LogP contribution in [0.25, 0.3) is 0 Å². The third kappa shape index (κ3) is 6.14. The van der Waals surface area contributed by atoms with Gasteiger partial charge in [0.2, 0.25) is 11.8 Å². The predicted octanol–water partition coefficient (Wildman–Crippen LogP) is 2.53. The van der Waals surface area contributed by atoms with Crippen molar-refractivity contribution in [1.82, 2.24) is 20.4 Å². The zero-order valence-corrected chi connectivity index (χ0v) is 21.7. The van der Waals surface area contributed by atoms with Crippen molar-refractivity contribution >= 4 is 17.9 Å². The first-order valence-corrected chi connectivity index (χ1v) is 12.1. The van der Waals surface area contributed by atoms with Gasteiger partial charge in [0.05, 0.1) is 12.6 Å². The lowest BCUT2D eigenvalue weighted by Gasteiger charge is -2.33. The summed E-state index contributed by atoms with van der Waals surface area (Å²) in [5, 5.41) is 5.79. The zero-order chi connectivity index (χ0) is 25.9. The lowest BCUT2D eigenvalue weighted by atomic mass is 10.0. The fourth-order valence-corrected chi connectivity index (χ4v) is 4.23. The minimum atomic E-state index is -0.709. The van der Waals surface area contributed by atoms with E-state index in [0.717, 1.165) is 0 Å². The Morgan fingerprint density at radius 3 is 2.31 bits per heavy atom. The number of nitrogens with one attached hydrogen (secondary N) is 2. The molecule has 2 heterocycles. The molecule has 0 saturated carbocycles. The molecule has 2 N–H and O–H groups in total. The van der Waals surface area contributed by atoms with E-state index in [1.165, 1.54) is 0 Å². The zero-order valence-electron chi connectivity index (χ0n) is 21.7. The number of hydrogen-bond donors (Lipinski definition) is 2. The van der Waals surface area contributed by atoms with Gasteiger partial charge in [-0.25, -0.2) is 4.79 Å². The first-order chi connectivity index (χ1) is 16.4. The van der Waals surface area contributed by atoms with Crippen LogP contribution in [0.5, 0.6) is 5.75 Å². The van der Waals surface area contributed by atoms with E-state index in [1.807, 2.05) is 71.0 Å². The maximum Gasteiger partial charge on any atom is 0.414 e.